The third-order valence-corrected chi connectivity index (χ3v) is 3.23. The number of rotatable bonds is 5. The molecule has 2 atom stereocenters. The number of hydrogen-bond donors (Lipinski definition) is 1. The Balaban J connectivity index is 1.87. The number of nitrogens with zero attached hydrogens (tertiary/aromatic N) is 2. The van der Waals surface area contributed by atoms with Gasteiger partial charge in [-0.3, -0.25) is 9.79 Å². The molecule has 0 saturated heterocycles. The molecular weight excluding hydrogens is 214 g/mol. The van der Waals surface area contributed by atoms with Crippen molar-refractivity contribution in [2.75, 3.05) is 20.1 Å². The van der Waals surface area contributed by atoms with Gasteiger partial charge in [-0.2, -0.15) is 0 Å². The number of allylic oxidation sites excluding steroid dienone is 2. The maximum Gasteiger partial charge on any atom is 0.146 e. The first kappa shape index (κ1) is 12.0. The first-order chi connectivity index (χ1) is 8.22. The summed E-state index contributed by atoms with van der Waals surface area (Å²) >= 11 is 0. The van der Waals surface area contributed by atoms with Gasteiger partial charge in [-0.25, -0.2) is 0 Å². The SMILES string of the molecule is CCC(=O)CNCC1=NC2C=CC=CC2N1C. The van der Waals surface area contributed by atoms with Crippen molar-refractivity contribution >= 4 is 11.6 Å². The summed E-state index contributed by atoms with van der Waals surface area (Å²) in [6.45, 7) is 2.98. The van der Waals surface area contributed by atoms with Gasteiger partial charge < -0.3 is 10.2 Å². The Morgan fingerprint density at radius 3 is 2.94 bits per heavy atom. The molecule has 0 aromatic carbocycles. The third kappa shape index (κ3) is 2.64. The second-order valence-corrected chi connectivity index (χ2v) is 4.40. The summed E-state index contributed by atoms with van der Waals surface area (Å²) in [6, 6.07) is 0.586. The zero-order chi connectivity index (χ0) is 12.3. The van der Waals surface area contributed by atoms with E-state index in [1.54, 1.807) is 0 Å². The molecule has 0 amide bonds. The Hall–Kier alpha value is -1.42. The maximum atomic E-state index is 11.2. The van der Waals surface area contributed by atoms with E-state index in [1.807, 2.05) is 13.0 Å². The predicted octanol–water partition coefficient (Wildman–Crippen LogP) is 0.762. The van der Waals surface area contributed by atoms with E-state index < -0.39 is 0 Å². The third-order valence-electron chi connectivity index (χ3n) is 3.23. The van der Waals surface area contributed by atoms with Gasteiger partial charge in [0.1, 0.15) is 11.6 Å². The Kier molecular flexibility index (Phi) is 3.74. The first-order valence-corrected chi connectivity index (χ1v) is 6.09. The molecule has 1 aliphatic carbocycles. The Morgan fingerprint density at radius 1 is 1.47 bits per heavy atom. The monoisotopic (exact) mass is 233 g/mol. The number of likely N-dealkylation sites (N-methyl/N-ethyl adjacent to an activating group) is 1. The first-order valence-electron chi connectivity index (χ1n) is 6.09. The standard InChI is InChI=1S/C13H19N3O/c1-3-10(17)8-14-9-13-15-11-6-4-5-7-12(11)16(13)2/h4-7,11-12,14H,3,8-9H2,1-2H3. The van der Waals surface area contributed by atoms with Crippen LogP contribution in [0.2, 0.25) is 0 Å². The van der Waals surface area contributed by atoms with E-state index in [4.69, 9.17) is 0 Å². The minimum atomic E-state index is 0.239. The van der Waals surface area contributed by atoms with Crippen molar-refractivity contribution < 1.29 is 4.79 Å². The van der Waals surface area contributed by atoms with Crippen molar-refractivity contribution in [1.29, 1.82) is 0 Å². The number of nitrogens with one attached hydrogen (secondary N) is 1. The van der Waals surface area contributed by atoms with Crippen LogP contribution in [0.25, 0.3) is 0 Å². The van der Waals surface area contributed by atoms with Crippen LogP contribution in [0, 0.1) is 0 Å². The van der Waals surface area contributed by atoms with Crippen molar-refractivity contribution in [3.63, 3.8) is 0 Å². The molecule has 2 unspecified atom stereocenters. The largest absolute Gasteiger partial charge is 0.353 e. The van der Waals surface area contributed by atoms with E-state index >= 15 is 0 Å². The molecule has 2 aliphatic rings. The average Bonchev–Trinajstić information content (AvgIpc) is 2.67. The molecule has 0 aromatic rings. The zero-order valence-electron chi connectivity index (χ0n) is 10.4. The molecule has 92 valence electrons. The molecule has 0 aromatic heterocycles. The number of hydrogen-bond acceptors (Lipinski definition) is 4. The highest BCUT2D eigenvalue weighted by Gasteiger charge is 2.30. The molecule has 1 aliphatic heterocycles. The molecule has 4 nitrogen and oxygen atoms in total. The van der Waals surface area contributed by atoms with Crippen LogP contribution in [0.15, 0.2) is 29.3 Å². The lowest BCUT2D eigenvalue weighted by Gasteiger charge is -2.24. The second kappa shape index (κ2) is 5.27. The van der Waals surface area contributed by atoms with Crippen LogP contribution in [-0.2, 0) is 4.79 Å². The van der Waals surface area contributed by atoms with Crippen LogP contribution >= 0.6 is 0 Å². The van der Waals surface area contributed by atoms with Crippen molar-refractivity contribution in [3.05, 3.63) is 24.3 Å². The Morgan fingerprint density at radius 2 is 2.24 bits per heavy atom. The molecule has 0 spiro atoms. The van der Waals surface area contributed by atoms with Crippen LogP contribution < -0.4 is 5.32 Å². The average molecular weight is 233 g/mol. The number of carbonyl (C=O) groups excluding carboxylic acids is 1. The van der Waals surface area contributed by atoms with Gasteiger partial charge in [-0.1, -0.05) is 31.2 Å². The lowest BCUT2D eigenvalue weighted by Crippen LogP contribution is -2.40. The molecule has 0 fully saturated rings. The summed E-state index contributed by atoms with van der Waals surface area (Å²) < 4.78 is 0. The zero-order valence-corrected chi connectivity index (χ0v) is 10.4. The lowest BCUT2D eigenvalue weighted by molar-refractivity contribution is -0.117. The fourth-order valence-electron chi connectivity index (χ4n) is 2.11. The van der Waals surface area contributed by atoms with Gasteiger partial charge in [0.15, 0.2) is 0 Å². The fourth-order valence-corrected chi connectivity index (χ4v) is 2.11. The molecule has 0 bridgehead atoms. The highest BCUT2D eigenvalue weighted by Crippen LogP contribution is 2.20. The number of aliphatic imine (C=N–C) groups is 1. The van der Waals surface area contributed by atoms with E-state index in [-0.39, 0.29) is 11.8 Å². The van der Waals surface area contributed by atoms with Gasteiger partial charge in [0.05, 0.1) is 25.2 Å². The summed E-state index contributed by atoms with van der Waals surface area (Å²) in [7, 11) is 2.05. The summed E-state index contributed by atoms with van der Waals surface area (Å²) in [5.74, 6) is 1.27. The van der Waals surface area contributed by atoms with Crippen LogP contribution in [0.3, 0.4) is 0 Å². The van der Waals surface area contributed by atoms with Crippen LogP contribution in [0.1, 0.15) is 13.3 Å². The quantitative estimate of drug-likeness (QED) is 0.762. The van der Waals surface area contributed by atoms with Crippen molar-refractivity contribution in [1.82, 2.24) is 10.2 Å². The Bertz CT molecular complexity index is 384. The highest BCUT2D eigenvalue weighted by molar-refractivity contribution is 5.88. The molecule has 0 radical (unpaired) electrons. The van der Waals surface area contributed by atoms with Crippen LogP contribution in [-0.4, -0.2) is 48.7 Å². The topological polar surface area (TPSA) is 44.7 Å². The molecule has 4 heteroatoms. The summed E-state index contributed by atoms with van der Waals surface area (Å²) in [5, 5.41) is 3.15. The molecule has 1 heterocycles. The van der Waals surface area contributed by atoms with E-state index in [0.29, 0.717) is 25.6 Å². The molecule has 2 rings (SSSR count). The van der Waals surface area contributed by atoms with Crippen molar-refractivity contribution in [2.45, 2.75) is 25.4 Å². The Labute approximate surface area is 102 Å². The van der Waals surface area contributed by atoms with Gasteiger partial charge in [0.2, 0.25) is 0 Å². The van der Waals surface area contributed by atoms with Crippen LogP contribution in [0.5, 0.6) is 0 Å². The van der Waals surface area contributed by atoms with Gasteiger partial charge in [0, 0.05) is 13.5 Å². The van der Waals surface area contributed by atoms with E-state index in [9.17, 15) is 4.79 Å². The normalized spacial score (nSPS) is 26.0. The maximum absolute atomic E-state index is 11.2. The van der Waals surface area contributed by atoms with Gasteiger partial charge in [-0.05, 0) is 0 Å². The van der Waals surface area contributed by atoms with E-state index in [1.165, 1.54) is 0 Å². The fraction of sp³-hybridized carbons (Fsp3) is 0.538. The number of carbonyl (C=O) groups is 1. The second-order valence-electron chi connectivity index (χ2n) is 4.40. The van der Waals surface area contributed by atoms with Crippen molar-refractivity contribution in [3.8, 4) is 0 Å². The summed E-state index contributed by atoms with van der Waals surface area (Å²) in [5.41, 5.74) is 0. The van der Waals surface area contributed by atoms with E-state index in [0.717, 1.165) is 5.84 Å². The lowest BCUT2D eigenvalue weighted by atomic mass is 10.0. The van der Waals surface area contributed by atoms with Gasteiger partial charge in [-0.15, -0.1) is 0 Å². The minimum Gasteiger partial charge on any atom is -0.353 e. The number of amidine groups is 1. The van der Waals surface area contributed by atoms with E-state index in [2.05, 4.69) is 40.5 Å². The number of ketones is 1. The van der Waals surface area contributed by atoms with Gasteiger partial charge in [0.25, 0.3) is 0 Å². The summed E-state index contributed by atoms with van der Waals surface area (Å²) in [4.78, 5) is 18.0. The smallest absolute Gasteiger partial charge is 0.146 e. The van der Waals surface area contributed by atoms with Crippen LogP contribution in [0.4, 0.5) is 0 Å². The molecule has 17 heavy (non-hydrogen) atoms. The molecule has 0 saturated carbocycles. The highest BCUT2D eigenvalue weighted by atomic mass is 16.1. The minimum absolute atomic E-state index is 0.239. The molecular formula is C13H19N3O. The predicted molar refractivity (Wildman–Crippen MR) is 69.2 cm³/mol. The number of Topliss-reactive ketones (excluding diaryl/α,β-unsaturated/α-hetero) is 1. The van der Waals surface area contributed by atoms with Crippen molar-refractivity contribution in [2.24, 2.45) is 4.99 Å². The molecule has 1 N–H and O–H groups in total. The summed E-state index contributed by atoms with van der Waals surface area (Å²) in [6.07, 6.45) is 8.97. The van der Waals surface area contributed by atoms with Gasteiger partial charge >= 0.3 is 0 Å². The number of fused-ring (bicyclic) bond motifs is 1.